The fourth-order valence-corrected chi connectivity index (χ4v) is 1.52. The maximum Gasteiger partial charge on any atom is 0.221 e. The van der Waals surface area contributed by atoms with E-state index < -0.39 is 0 Å². The first-order valence-corrected chi connectivity index (χ1v) is 4.53. The standard InChI is InChI=1S/C11H15NO2/c1-7-4-10(6-13)5-8(2)11(7)12-9(3)14/h4-5,13H,6H2,1-3H3,(H,12,14). The van der Waals surface area contributed by atoms with Gasteiger partial charge in [0.25, 0.3) is 0 Å². The van der Waals surface area contributed by atoms with Gasteiger partial charge in [0.2, 0.25) is 5.91 Å². The van der Waals surface area contributed by atoms with Crippen molar-refractivity contribution in [2.24, 2.45) is 0 Å². The summed E-state index contributed by atoms with van der Waals surface area (Å²) in [5, 5.41) is 11.7. The van der Waals surface area contributed by atoms with Crippen molar-refractivity contribution in [2.75, 3.05) is 5.32 Å². The van der Waals surface area contributed by atoms with E-state index in [1.165, 1.54) is 6.92 Å². The molecule has 14 heavy (non-hydrogen) atoms. The number of amides is 1. The van der Waals surface area contributed by atoms with E-state index in [1.54, 1.807) is 0 Å². The lowest BCUT2D eigenvalue weighted by Gasteiger charge is -2.11. The second-order valence-corrected chi connectivity index (χ2v) is 3.44. The molecule has 76 valence electrons. The number of aliphatic hydroxyl groups is 1. The van der Waals surface area contributed by atoms with Crippen LogP contribution in [0.4, 0.5) is 5.69 Å². The number of carbonyl (C=O) groups is 1. The van der Waals surface area contributed by atoms with Gasteiger partial charge in [-0.1, -0.05) is 12.1 Å². The van der Waals surface area contributed by atoms with Gasteiger partial charge in [-0.25, -0.2) is 0 Å². The Morgan fingerprint density at radius 2 is 1.86 bits per heavy atom. The van der Waals surface area contributed by atoms with Gasteiger partial charge in [-0.15, -0.1) is 0 Å². The van der Waals surface area contributed by atoms with Crippen molar-refractivity contribution in [1.82, 2.24) is 0 Å². The van der Waals surface area contributed by atoms with Crippen molar-refractivity contribution in [3.63, 3.8) is 0 Å². The second-order valence-electron chi connectivity index (χ2n) is 3.44. The van der Waals surface area contributed by atoms with Crippen molar-refractivity contribution >= 4 is 11.6 Å². The molecule has 3 nitrogen and oxygen atoms in total. The molecule has 0 heterocycles. The first kappa shape index (κ1) is 10.7. The Hall–Kier alpha value is -1.35. The molecule has 0 aliphatic heterocycles. The summed E-state index contributed by atoms with van der Waals surface area (Å²) in [6.07, 6.45) is 0. The molecule has 0 spiro atoms. The maximum atomic E-state index is 10.9. The molecule has 0 radical (unpaired) electrons. The van der Waals surface area contributed by atoms with Crippen LogP contribution < -0.4 is 5.32 Å². The van der Waals surface area contributed by atoms with E-state index in [0.29, 0.717) is 0 Å². The average Bonchev–Trinajstić information content (AvgIpc) is 2.10. The molecule has 0 saturated heterocycles. The summed E-state index contributed by atoms with van der Waals surface area (Å²) < 4.78 is 0. The molecular weight excluding hydrogens is 178 g/mol. The fourth-order valence-electron chi connectivity index (χ4n) is 1.52. The summed E-state index contributed by atoms with van der Waals surface area (Å²) in [4.78, 5) is 10.9. The lowest BCUT2D eigenvalue weighted by atomic mass is 10.0. The molecule has 0 saturated carbocycles. The number of anilines is 1. The first-order valence-electron chi connectivity index (χ1n) is 4.53. The number of benzene rings is 1. The van der Waals surface area contributed by atoms with Crippen LogP contribution in [-0.2, 0) is 11.4 Å². The lowest BCUT2D eigenvalue weighted by Crippen LogP contribution is -2.09. The predicted molar refractivity (Wildman–Crippen MR) is 56.1 cm³/mol. The zero-order valence-electron chi connectivity index (χ0n) is 8.72. The molecule has 0 unspecified atom stereocenters. The first-order chi connectivity index (χ1) is 6.54. The number of aryl methyl sites for hydroxylation is 2. The van der Waals surface area contributed by atoms with Gasteiger partial charge in [-0.05, 0) is 30.5 Å². The lowest BCUT2D eigenvalue weighted by molar-refractivity contribution is -0.114. The van der Waals surface area contributed by atoms with Crippen molar-refractivity contribution in [1.29, 1.82) is 0 Å². The summed E-state index contributed by atoms with van der Waals surface area (Å²) in [5.41, 5.74) is 3.66. The minimum atomic E-state index is -0.0760. The second kappa shape index (κ2) is 4.24. The minimum Gasteiger partial charge on any atom is -0.392 e. The Bertz CT molecular complexity index is 335. The molecule has 1 rings (SSSR count). The average molecular weight is 193 g/mol. The van der Waals surface area contributed by atoms with E-state index in [0.717, 1.165) is 22.4 Å². The molecular formula is C11H15NO2. The molecule has 3 heteroatoms. The largest absolute Gasteiger partial charge is 0.392 e. The molecule has 0 aliphatic rings. The van der Waals surface area contributed by atoms with Crippen LogP contribution in [0.15, 0.2) is 12.1 Å². The van der Waals surface area contributed by atoms with Gasteiger partial charge in [0.15, 0.2) is 0 Å². The molecule has 0 fully saturated rings. The molecule has 0 bridgehead atoms. The van der Waals surface area contributed by atoms with Gasteiger partial charge in [-0.3, -0.25) is 4.79 Å². The smallest absolute Gasteiger partial charge is 0.221 e. The van der Waals surface area contributed by atoms with Crippen LogP contribution in [0, 0.1) is 13.8 Å². The van der Waals surface area contributed by atoms with Gasteiger partial charge in [0.05, 0.1) is 6.61 Å². The Labute approximate surface area is 83.8 Å². The summed E-state index contributed by atoms with van der Waals surface area (Å²) in [5.74, 6) is -0.0760. The summed E-state index contributed by atoms with van der Waals surface area (Å²) in [6.45, 7) is 5.34. The van der Waals surface area contributed by atoms with Crippen LogP contribution in [0.2, 0.25) is 0 Å². The molecule has 2 N–H and O–H groups in total. The van der Waals surface area contributed by atoms with E-state index in [-0.39, 0.29) is 12.5 Å². The number of hydrogen-bond acceptors (Lipinski definition) is 2. The van der Waals surface area contributed by atoms with Crippen molar-refractivity contribution in [3.05, 3.63) is 28.8 Å². The Balaban J connectivity index is 3.11. The van der Waals surface area contributed by atoms with Crippen molar-refractivity contribution < 1.29 is 9.90 Å². The van der Waals surface area contributed by atoms with E-state index in [4.69, 9.17) is 5.11 Å². The quantitative estimate of drug-likeness (QED) is 0.751. The maximum absolute atomic E-state index is 10.9. The van der Waals surface area contributed by atoms with Gasteiger partial charge in [0.1, 0.15) is 0 Å². The van der Waals surface area contributed by atoms with Crippen molar-refractivity contribution in [3.8, 4) is 0 Å². The van der Waals surface area contributed by atoms with Gasteiger partial charge >= 0.3 is 0 Å². The number of nitrogens with one attached hydrogen (secondary N) is 1. The third-order valence-electron chi connectivity index (χ3n) is 2.08. The number of rotatable bonds is 2. The molecule has 1 aromatic carbocycles. The number of carbonyl (C=O) groups excluding carboxylic acids is 1. The molecule has 0 aliphatic carbocycles. The number of aliphatic hydroxyl groups excluding tert-OH is 1. The molecule has 1 aromatic rings. The highest BCUT2D eigenvalue weighted by Crippen LogP contribution is 2.22. The van der Waals surface area contributed by atoms with E-state index in [2.05, 4.69) is 5.32 Å². The monoisotopic (exact) mass is 193 g/mol. The van der Waals surface area contributed by atoms with E-state index >= 15 is 0 Å². The molecule has 1 amide bonds. The van der Waals surface area contributed by atoms with Crippen LogP contribution >= 0.6 is 0 Å². The highest BCUT2D eigenvalue weighted by atomic mass is 16.3. The highest BCUT2D eigenvalue weighted by molar-refractivity contribution is 5.90. The molecule has 0 atom stereocenters. The van der Waals surface area contributed by atoms with Crippen LogP contribution in [0.25, 0.3) is 0 Å². The fraction of sp³-hybridized carbons (Fsp3) is 0.364. The van der Waals surface area contributed by atoms with Crippen LogP contribution in [-0.4, -0.2) is 11.0 Å². The third-order valence-corrected chi connectivity index (χ3v) is 2.08. The Kier molecular flexibility index (Phi) is 3.25. The normalized spacial score (nSPS) is 10.0. The third kappa shape index (κ3) is 2.33. The highest BCUT2D eigenvalue weighted by Gasteiger charge is 2.05. The predicted octanol–water partition coefficient (Wildman–Crippen LogP) is 1.75. The summed E-state index contributed by atoms with van der Waals surface area (Å²) >= 11 is 0. The summed E-state index contributed by atoms with van der Waals surface area (Å²) in [6, 6.07) is 3.75. The molecule has 0 aromatic heterocycles. The SMILES string of the molecule is CC(=O)Nc1c(C)cc(CO)cc1C. The van der Waals surface area contributed by atoms with Crippen LogP contribution in [0.1, 0.15) is 23.6 Å². The Morgan fingerprint density at radius 1 is 1.36 bits per heavy atom. The van der Waals surface area contributed by atoms with E-state index in [1.807, 2.05) is 26.0 Å². The minimum absolute atomic E-state index is 0.0298. The number of hydrogen-bond donors (Lipinski definition) is 2. The van der Waals surface area contributed by atoms with Gasteiger partial charge in [-0.2, -0.15) is 0 Å². The van der Waals surface area contributed by atoms with Crippen LogP contribution in [0.5, 0.6) is 0 Å². The van der Waals surface area contributed by atoms with E-state index in [9.17, 15) is 4.79 Å². The zero-order valence-corrected chi connectivity index (χ0v) is 8.72. The zero-order chi connectivity index (χ0) is 10.7. The van der Waals surface area contributed by atoms with Crippen LogP contribution in [0.3, 0.4) is 0 Å². The topological polar surface area (TPSA) is 49.3 Å². The summed E-state index contributed by atoms with van der Waals surface area (Å²) in [7, 11) is 0. The Morgan fingerprint density at radius 3 is 2.21 bits per heavy atom. The van der Waals surface area contributed by atoms with Crippen molar-refractivity contribution in [2.45, 2.75) is 27.4 Å². The van der Waals surface area contributed by atoms with Gasteiger partial charge in [0, 0.05) is 12.6 Å². The van der Waals surface area contributed by atoms with Gasteiger partial charge < -0.3 is 10.4 Å².